The zero-order chi connectivity index (χ0) is 26.8. The van der Waals surface area contributed by atoms with Crippen molar-refractivity contribution in [1.29, 1.82) is 0 Å². The molecule has 0 saturated heterocycles. The summed E-state index contributed by atoms with van der Waals surface area (Å²) in [5.41, 5.74) is 1.30. The number of carbonyl (C=O) groups excluding carboxylic acids is 2. The molecule has 5 heteroatoms. The Balaban J connectivity index is 1.24. The summed E-state index contributed by atoms with van der Waals surface area (Å²) in [5, 5.41) is 21.7. The first-order valence-electron chi connectivity index (χ1n) is 14.9. The van der Waals surface area contributed by atoms with E-state index in [1.807, 2.05) is 6.07 Å². The molecule has 1 spiro atoms. The number of aliphatic hydroxyl groups is 1. The summed E-state index contributed by atoms with van der Waals surface area (Å²) in [5.74, 6) is 8.61. The Morgan fingerprint density at radius 2 is 1.74 bits per heavy atom. The van der Waals surface area contributed by atoms with Crippen LogP contribution in [0.25, 0.3) is 0 Å². The van der Waals surface area contributed by atoms with E-state index in [9.17, 15) is 19.8 Å². The smallest absolute Gasteiger partial charge is 0.160 e. The van der Waals surface area contributed by atoms with E-state index in [0.29, 0.717) is 60.9 Å². The number of aryl methyl sites for hydroxylation is 1. The third-order valence-corrected chi connectivity index (χ3v) is 10.4. The summed E-state index contributed by atoms with van der Waals surface area (Å²) in [6.07, 6.45) is 15.3. The number of Topliss-reactive ketones (excluding diaryl/α,β-unsaturated/α-hetero) is 2. The lowest BCUT2D eigenvalue weighted by Crippen LogP contribution is -2.46. The lowest BCUT2D eigenvalue weighted by atomic mass is 9.62. The molecule has 38 heavy (non-hydrogen) atoms. The van der Waals surface area contributed by atoms with Gasteiger partial charge >= 0.3 is 0 Å². The molecule has 0 radical (unpaired) electrons. The van der Waals surface area contributed by atoms with Crippen LogP contribution in [0.2, 0.25) is 0 Å². The van der Waals surface area contributed by atoms with Crippen molar-refractivity contribution in [3.63, 3.8) is 0 Å². The average Bonchev–Trinajstić information content (AvgIpc) is 3.38. The fraction of sp³-hybridized carbons (Fsp3) is 0.697. The minimum atomic E-state index is -0.970. The van der Waals surface area contributed by atoms with Gasteiger partial charge in [-0.3, -0.25) is 9.59 Å². The molecule has 206 valence electrons. The van der Waals surface area contributed by atoms with Gasteiger partial charge in [0.1, 0.15) is 11.2 Å². The van der Waals surface area contributed by atoms with Crippen LogP contribution in [0.15, 0.2) is 12.1 Å². The van der Waals surface area contributed by atoms with E-state index < -0.39 is 11.5 Å². The zero-order valence-electron chi connectivity index (χ0n) is 23.0. The molecule has 3 saturated carbocycles. The Morgan fingerprint density at radius 3 is 2.45 bits per heavy atom. The number of benzene rings is 1. The third-order valence-electron chi connectivity index (χ3n) is 10.4. The highest BCUT2D eigenvalue weighted by Crippen LogP contribution is 2.52. The predicted octanol–water partition coefficient (Wildman–Crippen LogP) is 6.10. The number of ketones is 2. The first kappa shape index (κ1) is 27.3. The molecule has 0 bridgehead atoms. The number of phenolic OH excluding ortho intramolecular Hbond substituents is 1. The van der Waals surface area contributed by atoms with Crippen LogP contribution in [0.1, 0.15) is 107 Å². The van der Waals surface area contributed by atoms with Gasteiger partial charge in [-0.2, -0.15) is 0 Å². The maximum atomic E-state index is 13.6. The molecule has 0 heterocycles. The molecule has 0 amide bonds. The Morgan fingerprint density at radius 1 is 0.974 bits per heavy atom. The van der Waals surface area contributed by atoms with Crippen LogP contribution in [0, 0.1) is 34.5 Å². The standard InChI is InChI=1S/C33H44O5/c1-38-29-21-26-8-11-30(36)33(16-4-5-25(26)20-28(29)35)18-13-24(19-31(33)37)22-32(14-2-3-15-32)17-12-23-6-9-27(34)10-7-23/h20-21,23-24,31,35,37H,2-3,5-15,17-19,22H2,1H3. The van der Waals surface area contributed by atoms with Gasteiger partial charge in [0.15, 0.2) is 17.3 Å². The van der Waals surface area contributed by atoms with Gasteiger partial charge < -0.3 is 14.9 Å². The SMILES string of the molecule is COc1cc2c(cc1O)CC#CC1(CCC(CC3(CCC4CCC(=O)CC4)CCCC3)CC1O)C(=O)CC2. The fourth-order valence-electron chi connectivity index (χ4n) is 8.03. The average molecular weight is 521 g/mol. The van der Waals surface area contributed by atoms with Crippen molar-refractivity contribution in [2.75, 3.05) is 7.11 Å². The highest BCUT2D eigenvalue weighted by molar-refractivity contribution is 5.89. The molecule has 3 atom stereocenters. The van der Waals surface area contributed by atoms with Crippen molar-refractivity contribution < 1.29 is 24.5 Å². The maximum Gasteiger partial charge on any atom is 0.160 e. The summed E-state index contributed by atoms with van der Waals surface area (Å²) < 4.78 is 5.27. The van der Waals surface area contributed by atoms with Gasteiger partial charge in [0.25, 0.3) is 0 Å². The molecule has 3 unspecified atom stereocenters. The van der Waals surface area contributed by atoms with Gasteiger partial charge in [-0.05, 0) is 111 Å². The molecule has 4 aliphatic rings. The molecular weight excluding hydrogens is 476 g/mol. The second-order valence-corrected chi connectivity index (χ2v) is 12.8. The number of aromatic hydroxyl groups is 1. The first-order chi connectivity index (χ1) is 18.3. The lowest BCUT2D eigenvalue weighted by molar-refractivity contribution is -0.135. The Hall–Kier alpha value is -2.32. The lowest BCUT2D eigenvalue weighted by Gasteiger charge is -2.43. The van der Waals surface area contributed by atoms with E-state index in [1.54, 1.807) is 6.07 Å². The fourth-order valence-corrected chi connectivity index (χ4v) is 8.03. The summed E-state index contributed by atoms with van der Waals surface area (Å²) in [7, 11) is 1.53. The van der Waals surface area contributed by atoms with Crippen LogP contribution in [-0.2, 0) is 22.4 Å². The highest BCUT2D eigenvalue weighted by Gasteiger charge is 2.48. The molecule has 5 nitrogen and oxygen atoms in total. The number of hydrogen-bond acceptors (Lipinski definition) is 5. The number of methoxy groups -OCH3 is 1. The summed E-state index contributed by atoms with van der Waals surface area (Å²) >= 11 is 0. The summed E-state index contributed by atoms with van der Waals surface area (Å²) in [6.45, 7) is 0. The number of rotatable bonds is 6. The normalized spacial score (nSPS) is 29.6. The molecule has 0 aromatic heterocycles. The minimum Gasteiger partial charge on any atom is -0.504 e. The van der Waals surface area contributed by atoms with Crippen LogP contribution in [0.3, 0.4) is 0 Å². The van der Waals surface area contributed by atoms with E-state index in [1.165, 1.54) is 45.6 Å². The molecule has 1 aromatic rings. The largest absolute Gasteiger partial charge is 0.504 e. The van der Waals surface area contributed by atoms with Crippen LogP contribution in [0.5, 0.6) is 11.5 Å². The minimum absolute atomic E-state index is 0.0540. The van der Waals surface area contributed by atoms with Crippen LogP contribution >= 0.6 is 0 Å². The number of hydrogen-bond donors (Lipinski definition) is 2. The number of carbonyl (C=O) groups is 2. The second-order valence-electron chi connectivity index (χ2n) is 12.8. The molecule has 3 fully saturated rings. The van der Waals surface area contributed by atoms with Gasteiger partial charge in [0, 0.05) is 25.7 Å². The van der Waals surface area contributed by atoms with Crippen LogP contribution in [-0.4, -0.2) is 35.0 Å². The molecule has 5 rings (SSSR count). The maximum absolute atomic E-state index is 13.6. The van der Waals surface area contributed by atoms with E-state index in [0.717, 1.165) is 49.7 Å². The summed E-state index contributed by atoms with van der Waals surface area (Å²) in [4.78, 5) is 25.2. The Bertz CT molecular complexity index is 1090. The van der Waals surface area contributed by atoms with Gasteiger partial charge in [-0.1, -0.05) is 24.7 Å². The van der Waals surface area contributed by atoms with E-state index in [-0.39, 0.29) is 11.5 Å². The Kier molecular flexibility index (Phi) is 8.19. The van der Waals surface area contributed by atoms with Crippen LogP contribution in [0.4, 0.5) is 0 Å². The summed E-state index contributed by atoms with van der Waals surface area (Å²) in [6, 6.07) is 3.52. The van der Waals surface area contributed by atoms with Gasteiger partial charge in [0.05, 0.1) is 13.2 Å². The van der Waals surface area contributed by atoms with Crippen molar-refractivity contribution in [2.45, 2.75) is 115 Å². The monoisotopic (exact) mass is 520 g/mol. The number of fused-ring (bicyclic) bond motifs is 1. The quantitative estimate of drug-likeness (QED) is 0.443. The van der Waals surface area contributed by atoms with Crippen molar-refractivity contribution in [1.82, 2.24) is 0 Å². The molecular formula is C33H44O5. The topological polar surface area (TPSA) is 83.8 Å². The third kappa shape index (κ3) is 5.67. The van der Waals surface area contributed by atoms with Crippen molar-refractivity contribution >= 4 is 11.6 Å². The highest BCUT2D eigenvalue weighted by atomic mass is 16.5. The van der Waals surface area contributed by atoms with Crippen molar-refractivity contribution in [3.8, 4) is 23.3 Å². The van der Waals surface area contributed by atoms with E-state index >= 15 is 0 Å². The van der Waals surface area contributed by atoms with E-state index in [2.05, 4.69) is 11.8 Å². The number of ether oxygens (including phenoxy) is 1. The van der Waals surface area contributed by atoms with Gasteiger partial charge in [-0.15, -0.1) is 0 Å². The number of phenols is 1. The van der Waals surface area contributed by atoms with Gasteiger partial charge in [0.2, 0.25) is 0 Å². The molecule has 4 aliphatic carbocycles. The molecule has 1 aromatic carbocycles. The van der Waals surface area contributed by atoms with Crippen LogP contribution < -0.4 is 4.74 Å². The van der Waals surface area contributed by atoms with E-state index in [4.69, 9.17) is 4.74 Å². The van der Waals surface area contributed by atoms with Crippen molar-refractivity contribution in [2.24, 2.45) is 22.7 Å². The second kappa shape index (κ2) is 11.4. The van der Waals surface area contributed by atoms with Gasteiger partial charge in [-0.25, -0.2) is 0 Å². The zero-order valence-corrected chi connectivity index (χ0v) is 23.0. The predicted molar refractivity (Wildman–Crippen MR) is 147 cm³/mol. The number of aliphatic hydroxyl groups excluding tert-OH is 1. The molecule has 2 N–H and O–H groups in total. The first-order valence-corrected chi connectivity index (χ1v) is 14.9. The molecule has 0 aliphatic heterocycles. The van der Waals surface area contributed by atoms with Crippen molar-refractivity contribution in [3.05, 3.63) is 23.3 Å². The Labute approximate surface area is 227 Å².